The predicted molar refractivity (Wildman–Crippen MR) is 260 cm³/mol. The number of hydrogen-bond acceptors (Lipinski definition) is 13. The molecule has 15 nitrogen and oxygen atoms in total. The zero-order chi connectivity index (χ0) is 50.6. The van der Waals surface area contributed by atoms with Gasteiger partial charge in [-0.15, -0.1) is 0 Å². The molecule has 14 atom stereocenters. The number of rotatable bonds is 12. The number of ether oxygens (including phenoxy) is 6. The summed E-state index contributed by atoms with van der Waals surface area (Å²) in [6.45, 7) is 11.8. The second-order valence-corrected chi connectivity index (χ2v) is 20.5. The Labute approximate surface area is 410 Å². The van der Waals surface area contributed by atoms with Crippen LogP contribution in [0.3, 0.4) is 0 Å². The molecule has 15 heteroatoms. The average Bonchev–Trinajstić information content (AvgIpc) is 3.34. The Morgan fingerprint density at radius 2 is 1.59 bits per heavy atom. The van der Waals surface area contributed by atoms with Crippen molar-refractivity contribution in [2.24, 2.45) is 29.6 Å². The van der Waals surface area contributed by atoms with Crippen LogP contribution >= 0.6 is 0 Å². The highest BCUT2D eigenvalue weighted by atomic mass is 16.7. The van der Waals surface area contributed by atoms with Gasteiger partial charge in [-0.2, -0.15) is 0 Å². The molecule has 2 bridgehead atoms. The van der Waals surface area contributed by atoms with Crippen LogP contribution < -0.4 is 0 Å². The Bertz CT molecular complexity index is 1940. The third-order valence-electron chi connectivity index (χ3n) is 15.3. The number of carbonyl (C=O) groups excluding carboxylic acids is 5. The Morgan fingerprint density at radius 3 is 2.26 bits per heavy atom. The monoisotopic (exact) mass is 967 g/mol. The van der Waals surface area contributed by atoms with E-state index in [1.807, 2.05) is 63.3 Å². The molecule has 4 aliphatic rings. The number of aliphatic hydroxyl groups excluding tert-OH is 1. The topological polar surface area (TPSA) is 188 Å². The number of likely N-dealkylation sites (N-methyl/N-ethyl adjacent to an activating group) is 1. The van der Waals surface area contributed by atoms with Gasteiger partial charge >= 0.3 is 5.97 Å². The lowest BCUT2D eigenvalue weighted by molar-refractivity contribution is -0.302. The molecular weight excluding hydrogens is 885 g/mol. The fraction of sp³-hybridized carbons (Fsp3) is 0.722. The molecule has 0 unspecified atom stereocenters. The number of esters is 1. The standard InChI is InChI=1S/C54H82N2O13/c1-11-40-26-33(2)25-34(3)27-46(65-9)50-47(66-10)29-36(5)54(63,69-50)51(60)52(61)56-23-16-15-19-41(56)53(62)68-49(37(6)42(57)31-43(40)58)35(4)28-39-20-21-44(45(30-39)64-8)67-32-48(59)55(7)24-22-38-17-13-12-14-18-38/h12-14,17-18,26,28,34,36-37,39-42,44-47,49-50,57,63H,11,15-16,19-25,27,29-32H2,1-10H3/b33-26+,35-28+/t34-,36+,37+,39-,40+,41-,42-,44+,45+,46-,47-,49+,50+,54+/m0/s1. The van der Waals surface area contributed by atoms with Crippen LogP contribution in [0.5, 0.6) is 0 Å². The number of Topliss-reactive ketones (excluding diaryl/α,β-unsaturated/α-hetero) is 2. The summed E-state index contributed by atoms with van der Waals surface area (Å²) in [5.74, 6) is -7.82. The first-order valence-electron chi connectivity index (χ1n) is 25.4. The van der Waals surface area contributed by atoms with E-state index in [0.29, 0.717) is 63.5 Å². The number of allylic oxidation sites excluding steroid dienone is 3. The summed E-state index contributed by atoms with van der Waals surface area (Å²) in [5.41, 5.74) is 2.79. The lowest BCUT2D eigenvalue weighted by Gasteiger charge is -2.47. The number of ketones is 2. The van der Waals surface area contributed by atoms with Gasteiger partial charge in [-0.25, -0.2) is 4.79 Å². The largest absolute Gasteiger partial charge is 0.456 e. The average molecular weight is 967 g/mol. The molecule has 1 aromatic rings. The molecule has 5 rings (SSSR count). The van der Waals surface area contributed by atoms with Gasteiger partial charge < -0.3 is 48.4 Å². The highest BCUT2D eigenvalue weighted by Crippen LogP contribution is 2.39. The molecule has 3 heterocycles. The van der Waals surface area contributed by atoms with Crippen molar-refractivity contribution < 1.29 is 62.6 Å². The lowest BCUT2D eigenvalue weighted by atomic mass is 9.81. The Balaban J connectivity index is 1.40. The third-order valence-corrected chi connectivity index (χ3v) is 15.3. The minimum absolute atomic E-state index is 0.0190. The summed E-state index contributed by atoms with van der Waals surface area (Å²) in [7, 11) is 6.46. The molecule has 69 heavy (non-hydrogen) atoms. The lowest BCUT2D eigenvalue weighted by Crippen LogP contribution is -2.64. The van der Waals surface area contributed by atoms with E-state index in [-0.39, 0.29) is 68.1 Å². The second-order valence-electron chi connectivity index (χ2n) is 20.5. The fourth-order valence-corrected chi connectivity index (χ4v) is 10.9. The smallest absolute Gasteiger partial charge is 0.329 e. The molecule has 2 amide bonds. The van der Waals surface area contributed by atoms with E-state index in [1.54, 1.807) is 32.9 Å². The Hall–Kier alpha value is -3.83. The van der Waals surface area contributed by atoms with Crippen LogP contribution in [0.2, 0.25) is 0 Å². The van der Waals surface area contributed by atoms with Gasteiger partial charge in [0.1, 0.15) is 30.6 Å². The van der Waals surface area contributed by atoms with Crippen molar-refractivity contribution >= 4 is 29.4 Å². The van der Waals surface area contributed by atoms with Gasteiger partial charge in [-0.05, 0) is 107 Å². The van der Waals surface area contributed by atoms with E-state index in [4.69, 9.17) is 28.4 Å². The van der Waals surface area contributed by atoms with E-state index in [1.165, 1.54) is 19.1 Å². The number of amides is 2. The molecule has 0 radical (unpaired) electrons. The first-order valence-corrected chi connectivity index (χ1v) is 25.4. The van der Waals surface area contributed by atoms with Crippen LogP contribution in [0.4, 0.5) is 0 Å². The molecule has 2 N–H and O–H groups in total. The summed E-state index contributed by atoms with van der Waals surface area (Å²) in [6.07, 6.45) is 4.61. The van der Waals surface area contributed by atoms with Gasteiger partial charge in [-0.3, -0.25) is 19.2 Å². The first kappa shape index (κ1) is 56.1. The van der Waals surface area contributed by atoms with Crippen LogP contribution in [-0.2, 0) is 58.8 Å². The van der Waals surface area contributed by atoms with Crippen molar-refractivity contribution in [3.05, 3.63) is 59.2 Å². The minimum Gasteiger partial charge on any atom is -0.456 e. The minimum atomic E-state index is -2.52. The zero-order valence-corrected chi connectivity index (χ0v) is 42.9. The molecule has 1 aliphatic carbocycles. The van der Waals surface area contributed by atoms with Crippen LogP contribution in [0.25, 0.3) is 0 Å². The third kappa shape index (κ3) is 14.4. The van der Waals surface area contributed by atoms with Crippen molar-refractivity contribution in [1.82, 2.24) is 9.80 Å². The van der Waals surface area contributed by atoms with Crippen LogP contribution in [0, 0.1) is 29.6 Å². The predicted octanol–water partition coefficient (Wildman–Crippen LogP) is 6.20. The molecule has 386 valence electrons. The van der Waals surface area contributed by atoms with Crippen LogP contribution in [0.1, 0.15) is 118 Å². The van der Waals surface area contributed by atoms with Gasteiger partial charge in [0.25, 0.3) is 11.7 Å². The number of cyclic esters (lactones) is 1. The van der Waals surface area contributed by atoms with Gasteiger partial charge in [0.05, 0.1) is 30.5 Å². The summed E-state index contributed by atoms with van der Waals surface area (Å²) < 4.78 is 36.5. The fourth-order valence-electron chi connectivity index (χ4n) is 10.9. The van der Waals surface area contributed by atoms with Crippen molar-refractivity contribution in [2.75, 3.05) is 48.1 Å². The van der Waals surface area contributed by atoms with Crippen molar-refractivity contribution in [3.8, 4) is 0 Å². The zero-order valence-electron chi connectivity index (χ0n) is 42.9. The number of piperidine rings is 1. The quantitative estimate of drug-likeness (QED) is 0.137. The summed E-state index contributed by atoms with van der Waals surface area (Å²) in [6, 6.07) is 8.84. The van der Waals surface area contributed by atoms with E-state index >= 15 is 0 Å². The summed E-state index contributed by atoms with van der Waals surface area (Å²) >= 11 is 0. The highest BCUT2D eigenvalue weighted by molar-refractivity contribution is 6.39. The number of nitrogens with zero attached hydrogens (tertiary/aromatic N) is 2. The van der Waals surface area contributed by atoms with E-state index in [0.717, 1.165) is 17.6 Å². The molecule has 2 saturated heterocycles. The van der Waals surface area contributed by atoms with Gasteiger partial charge in [0.2, 0.25) is 11.7 Å². The molecule has 0 aromatic heterocycles. The van der Waals surface area contributed by atoms with Crippen molar-refractivity contribution in [3.63, 3.8) is 0 Å². The van der Waals surface area contributed by atoms with E-state index in [9.17, 15) is 34.2 Å². The number of fused-ring (bicyclic) bond motifs is 3. The van der Waals surface area contributed by atoms with Crippen molar-refractivity contribution in [2.45, 2.75) is 173 Å². The Morgan fingerprint density at radius 1 is 0.913 bits per heavy atom. The maximum atomic E-state index is 14.6. The number of aliphatic hydroxyl groups is 2. The summed E-state index contributed by atoms with van der Waals surface area (Å²) in [5, 5.41) is 24.0. The van der Waals surface area contributed by atoms with Crippen LogP contribution in [-0.4, -0.2) is 152 Å². The number of carbonyl (C=O) groups is 5. The number of methoxy groups -OCH3 is 3. The molecule has 3 aliphatic heterocycles. The van der Waals surface area contributed by atoms with Gasteiger partial charge in [0, 0.05) is 65.6 Å². The summed E-state index contributed by atoms with van der Waals surface area (Å²) in [4.78, 5) is 73.2. The molecule has 0 spiro atoms. The molecule has 1 aromatic carbocycles. The highest BCUT2D eigenvalue weighted by Gasteiger charge is 2.56. The first-order chi connectivity index (χ1) is 32.8. The maximum absolute atomic E-state index is 14.6. The maximum Gasteiger partial charge on any atom is 0.329 e. The second kappa shape index (κ2) is 26.0. The van der Waals surface area contributed by atoms with Crippen LogP contribution in [0.15, 0.2) is 53.6 Å². The number of benzene rings is 1. The van der Waals surface area contributed by atoms with Gasteiger partial charge in [-0.1, -0.05) is 75.8 Å². The molecular formula is C54H82N2O13. The Kier molecular flexibility index (Phi) is 21.2. The van der Waals surface area contributed by atoms with Gasteiger partial charge in [0.15, 0.2) is 0 Å². The van der Waals surface area contributed by atoms with E-state index < -0.39 is 77.8 Å². The molecule has 3 fully saturated rings. The normalized spacial score (nSPS) is 35.8. The molecule has 1 saturated carbocycles. The number of hydrogen-bond donors (Lipinski definition) is 2. The SMILES string of the molecule is CC[C@@H]1/C=C(\C)C[C@H](C)C[C@H](OC)[C@H]2O[C@@](O)(C(=O)C(=O)N3CCCC[C@H]3C(=O)O[C@H](/C(C)=C/[C@@H]3CC[C@@H](OCC(=O)N(C)CCc4ccccc4)[C@H](OC)C3)[C@H](C)[C@@H](O)CC1=O)[C@H](C)C[C@@H]2OC. The van der Waals surface area contributed by atoms with Crippen molar-refractivity contribution in [1.29, 1.82) is 0 Å². The van der Waals surface area contributed by atoms with E-state index in [2.05, 4.69) is 6.92 Å².